The minimum absolute atomic E-state index is 0.0386. The van der Waals surface area contributed by atoms with Crippen LogP contribution in [0.1, 0.15) is 20.3 Å². The summed E-state index contributed by atoms with van der Waals surface area (Å²) in [6.45, 7) is 7.27. The minimum atomic E-state index is -0.780. The molecule has 0 saturated carbocycles. The van der Waals surface area contributed by atoms with E-state index in [2.05, 4.69) is 24.1 Å². The van der Waals surface area contributed by atoms with Crippen LogP contribution in [0, 0.1) is 17.6 Å². The Morgan fingerprint density at radius 2 is 1.82 bits per heavy atom. The van der Waals surface area contributed by atoms with Gasteiger partial charge in [0.25, 0.3) is 0 Å². The SMILES string of the molecule is CCN(CC)CCOc1cc(NC(=O)C2CC(=O)N(c3cc(F)cc(F)c3)C2)ccc1OC. The molecule has 3 rings (SSSR count). The van der Waals surface area contributed by atoms with Crippen LogP contribution in [0.3, 0.4) is 0 Å². The molecule has 33 heavy (non-hydrogen) atoms. The summed E-state index contributed by atoms with van der Waals surface area (Å²) in [5.74, 6) is -1.89. The second-order valence-electron chi connectivity index (χ2n) is 7.76. The Labute approximate surface area is 192 Å². The Hall–Kier alpha value is -3.20. The quantitative estimate of drug-likeness (QED) is 0.585. The summed E-state index contributed by atoms with van der Waals surface area (Å²) in [6.07, 6.45) is -0.0483. The van der Waals surface area contributed by atoms with Crippen LogP contribution < -0.4 is 19.7 Å². The number of hydrogen-bond acceptors (Lipinski definition) is 5. The highest BCUT2D eigenvalue weighted by atomic mass is 19.1. The molecule has 2 amide bonds. The molecular formula is C24H29F2N3O4. The molecule has 2 aromatic carbocycles. The first-order valence-corrected chi connectivity index (χ1v) is 10.9. The molecule has 1 atom stereocenters. The minimum Gasteiger partial charge on any atom is -0.493 e. The fourth-order valence-electron chi connectivity index (χ4n) is 3.76. The molecule has 0 aromatic heterocycles. The zero-order chi connectivity index (χ0) is 24.0. The number of nitrogens with one attached hydrogen (secondary N) is 1. The smallest absolute Gasteiger partial charge is 0.229 e. The van der Waals surface area contributed by atoms with Crippen LogP contribution in [0.5, 0.6) is 11.5 Å². The van der Waals surface area contributed by atoms with E-state index in [1.165, 1.54) is 4.90 Å². The molecule has 7 nitrogen and oxygen atoms in total. The van der Waals surface area contributed by atoms with Crippen molar-refractivity contribution in [2.75, 3.05) is 50.1 Å². The van der Waals surface area contributed by atoms with Gasteiger partial charge < -0.3 is 24.6 Å². The van der Waals surface area contributed by atoms with Crippen LogP contribution in [0.2, 0.25) is 0 Å². The molecule has 1 fully saturated rings. The van der Waals surface area contributed by atoms with Gasteiger partial charge in [-0.25, -0.2) is 8.78 Å². The summed E-state index contributed by atoms with van der Waals surface area (Å²) < 4.78 is 38.3. The number of halogens is 2. The van der Waals surface area contributed by atoms with E-state index in [1.807, 2.05) is 0 Å². The Kier molecular flexibility index (Phi) is 8.21. The van der Waals surface area contributed by atoms with Crippen LogP contribution in [0.15, 0.2) is 36.4 Å². The van der Waals surface area contributed by atoms with Gasteiger partial charge in [-0.15, -0.1) is 0 Å². The van der Waals surface area contributed by atoms with E-state index in [9.17, 15) is 18.4 Å². The van der Waals surface area contributed by atoms with E-state index in [0.29, 0.717) is 23.8 Å². The van der Waals surface area contributed by atoms with E-state index in [1.54, 1.807) is 25.3 Å². The third kappa shape index (κ3) is 6.19. The van der Waals surface area contributed by atoms with E-state index in [0.717, 1.165) is 37.8 Å². The summed E-state index contributed by atoms with van der Waals surface area (Å²) in [4.78, 5) is 28.6. The van der Waals surface area contributed by atoms with E-state index in [-0.39, 0.29) is 30.5 Å². The first kappa shape index (κ1) is 24.4. The maximum absolute atomic E-state index is 13.5. The van der Waals surface area contributed by atoms with Gasteiger partial charge in [0.05, 0.1) is 13.0 Å². The topological polar surface area (TPSA) is 71.1 Å². The average Bonchev–Trinajstić information content (AvgIpc) is 3.18. The number of likely N-dealkylation sites (N-methyl/N-ethyl adjacent to an activating group) is 1. The highest BCUT2D eigenvalue weighted by Crippen LogP contribution is 2.32. The second-order valence-corrected chi connectivity index (χ2v) is 7.76. The molecule has 1 heterocycles. The Balaban J connectivity index is 1.65. The number of ether oxygens (including phenoxy) is 2. The summed E-state index contributed by atoms with van der Waals surface area (Å²) in [7, 11) is 1.54. The molecule has 0 spiro atoms. The summed E-state index contributed by atoms with van der Waals surface area (Å²) in [5.41, 5.74) is 0.600. The number of anilines is 2. The maximum atomic E-state index is 13.5. The number of rotatable bonds is 10. The lowest BCUT2D eigenvalue weighted by Crippen LogP contribution is -2.28. The molecule has 1 aliphatic rings. The fourth-order valence-corrected chi connectivity index (χ4v) is 3.76. The van der Waals surface area contributed by atoms with Gasteiger partial charge in [0.15, 0.2) is 11.5 Å². The monoisotopic (exact) mass is 461 g/mol. The third-order valence-electron chi connectivity index (χ3n) is 5.65. The molecule has 1 N–H and O–H groups in total. The van der Waals surface area contributed by atoms with Gasteiger partial charge >= 0.3 is 0 Å². The van der Waals surface area contributed by atoms with E-state index < -0.39 is 17.6 Å². The molecule has 178 valence electrons. The van der Waals surface area contributed by atoms with E-state index >= 15 is 0 Å². The molecule has 0 bridgehead atoms. The lowest BCUT2D eigenvalue weighted by molar-refractivity contribution is -0.122. The Morgan fingerprint density at radius 3 is 2.45 bits per heavy atom. The molecule has 1 aliphatic heterocycles. The average molecular weight is 462 g/mol. The van der Waals surface area contributed by atoms with Crippen LogP contribution in [0.25, 0.3) is 0 Å². The second kappa shape index (κ2) is 11.1. The van der Waals surface area contributed by atoms with Crippen LogP contribution >= 0.6 is 0 Å². The van der Waals surface area contributed by atoms with Crippen LogP contribution in [0.4, 0.5) is 20.2 Å². The predicted molar refractivity (Wildman–Crippen MR) is 122 cm³/mol. The van der Waals surface area contributed by atoms with Gasteiger partial charge in [-0.05, 0) is 37.4 Å². The molecule has 2 aromatic rings. The predicted octanol–water partition coefficient (Wildman–Crippen LogP) is 3.69. The first-order chi connectivity index (χ1) is 15.8. The number of benzene rings is 2. The molecule has 9 heteroatoms. The summed E-state index contributed by atoms with van der Waals surface area (Å²) in [6, 6.07) is 7.95. The van der Waals surface area contributed by atoms with Crippen molar-refractivity contribution in [3.8, 4) is 11.5 Å². The maximum Gasteiger partial charge on any atom is 0.229 e. The summed E-state index contributed by atoms with van der Waals surface area (Å²) in [5, 5.41) is 2.80. The Bertz CT molecular complexity index is 977. The molecule has 0 aliphatic carbocycles. The highest BCUT2D eigenvalue weighted by Gasteiger charge is 2.35. The van der Waals surface area contributed by atoms with Crippen LogP contribution in [-0.2, 0) is 9.59 Å². The molecule has 1 saturated heterocycles. The van der Waals surface area contributed by atoms with Crippen molar-refractivity contribution in [2.24, 2.45) is 5.92 Å². The summed E-state index contributed by atoms with van der Waals surface area (Å²) >= 11 is 0. The molecule has 0 radical (unpaired) electrons. The van der Waals surface area contributed by atoms with Crippen molar-refractivity contribution in [3.05, 3.63) is 48.0 Å². The molecule has 1 unspecified atom stereocenters. The van der Waals surface area contributed by atoms with Crippen molar-refractivity contribution in [1.82, 2.24) is 4.90 Å². The number of amides is 2. The number of nitrogens with zero attached hydrogens (tertiary/aromatic N) is 2. The van der Waals surface area contributed by atoms with Gasteiger partial charge in [0.2, 0.25) is 11.8 Å². The van der Waals surface area contributed by atoms with Gasteiger partial charge in [-0.2, -0.15) is 0 Å². The van der Waals surface area contributed by atoms with Crippen molar-refractivity contribution in [1.29, 1.82) is 0 Å². The largest absolute Gasteiger partial charge is 0.493 e. The number of hydrogen-bond donors (Lipinski definition) is 1. The highest BCUT2D eigenvalue weighted by molar-refractivity contribution is 6.03. The first-order valence-electron chi connectivity index (χ1n) is 10.9. The lowest BCUT2D eigenvalue weighted by Gasteiger charge is -2.19. The fraction of sp³-hybridized carbons (Fsp3) is 0.417. The van der Waals surface area contributed by atoms with Crippen molar-refractivity contribution in [3.63, 3.8) is 0 Å². The lowest BCUT2D eigenvalue weighted by atomic mass is 10.1. The normalized spacial score (nSPS) is 15.8. The standard InChI is InChI=1S/C24H29F2N3O4/c1-4-28(5-2)8-9-33-22-14-19(6-7-21(22)32-3)27-24(31)16-10-23(30)29(15-16)20-12-17(25)11-18(26)13-20/h6-7,11-14,16H,4-5,8-10,15H2,1-3H3,(H,27,31). The van der Waals surface area contributed by atoms with Crippen molar-refractivity contribution < 1.29 is 27.8 Å². The number of carbonyl (C=O) groups excluding carboxylic acids is 2. The number of carbonyl (C=O) groups is 2. The van der Waals surface area contributed by atoms with Crippen molar-refractivity contribution >= 4 is 23.2 Å². The zero-order valence-electron chi connectivity index (χ0n) is 19.1. The van der Waals surface area contributed by atoms with Gasteiger partial charge in [-0.3, -0.25) is 9.59 Å². The van der Waals surface area contributed by atoms with Gasteiger partial charge in [-0.1, -0.05) is 13.8 Å². The van der Waals surface area contributed by atoms with Crippen LogP contribution in [-0.4, -0.2) is 56.6 Å². The molecular weight excluding hydrogens is 432 g/mol. The van der Waals surface area contributed by atoms with Crippen molar-refractivity contribution in [2.45, 2.75) is 20.3 Å². The van der Waals surface area contributed by atoms with Gasteiger partial charge in [0, 0.05) is 43.0 Å². The zero-order valence-corrected chi connectivity index (χ0v) is 19.1. The van der Waals surface area contributed by atoms with Gasteiger partial charge in [0.1, 0.15) is 18.2 Å². The number of methoxy groups -OCH3 is 1. The third-order valence-corrected chi connectivity index (χ3v) is 5.65. The Morgan fingerprint density at radius 1 is 1.12 bits per heavy atom. The van der Waals surface area contributed by atoms with E-state index in [4.69, 9.17) is 9.47 Å².